The second-order valence-electron chi connectivity index (χ2n) is 11.6. The molecule has 3 aromatic rings. The van der Waals surface area contributed by atoms with Gasteiger partial charge in [-0.25, -0.2) is 4.79 Å². The van der Waals surface area contributed by atoms with Crippen molar-refractivity contribution in [3.8, 4) is 5.69 Å². The molecule has 9 heteroatoms. The lowest BCUT2D eigenvalue weighted by Gasteiger charge is -2.28. The molecule has 0 spiro atoms. The number of rotatable bonds is 2. The highest BCUT2D eigenvalue weighted by molar-refractivity contribution is 6.30. The molecule has 6 rings (SSSR count). The van der Waals surface area contributed by atoms with Gasteiger partial charge in [-0.1, -0.05) is 16.8 Å². The smallest absolute Gasteiger partial charge is 0.411 e. The molecule has 1 amide bonds. The Labute approximate surface area is 222 Å². The maximum atomic E-state index is 13.0. The van der Waals surface area contributed by atoms with Crippen LogP contribution in [0, 0.1) is 0 Å². The van der Waals surface area contributed by atoms with E-state index in [0.717, 1.165) is 67.2 Å². The lowest BCUT2D eigenvalue weighted by molar-refractivity contribution is 0.0214. The van der Waals surface area contributed by atoms with Crippen LogP contribution in [-0.2, 0) is 30.7 Å². The summed E-state index contributed by atoms with van der Waals surface area (Å²) in [5.41, 5.74) is 3.91. The minimum atomic E-state index is -0.583. The summed E-state index contributed by atoms with van der Waals surface area (Å²) in [4.78, 5) is 14.7. The number of amides is 1. The summed E-state index contributed by atoms with van der Waals surface area (Å²) in [6, 6.07) is 5.83. The maximum absolute atomic E-state index is 13.0. The molecule has 8 nitrogen and oxygen atoms in total. The van der Waals surface area contributed by atoms with E-state index in [1.165, 1.54) is 24.1 Å². The molecule has 1 fully saturated rings. The van der Waals surface area contributed by atoms with Crippen molar-refractivity contribution >= 4 is 17.7 Å². The number of aromatic nitrogens is 4. The molecule has 0 bridgehead atoms. The van der Waals surface area contributed by atoms with Gasteiger partial charge >= 0.3 is 6.09 Å². The molecule has 0 unspecified atom stereocenters. The third kappa shape index (κ3) is 4.76. The molecule has 1 aliphatic heterocycles. The van der Waals surface area contributed by atoms with E-state index in [9.17, 15) is 4.79 Å². The number of carbonyl (C=O) groups is 1. The summed E-state index contributed by atoms with van der Waals surface area (Å²) >= 11 is 6.38. The third-order valence-corrected chi connectivity index (χ3v) is 8.07. The SMILES string of the molecule is CC(C)(C)OC(=O)N1Cc2cc(Cl)ccc2-n2c(nnc2C2CCC(c3onc4c3CCCC4)CC2)C1. The summed E-state index contributed by atoms with van der Waals surface area (Å²) < 4.78 is 13.7. The van der Waals surface area contributed by atoms with Crippen LogP contribution < -0.4 is 0 Å². The number of ether oxygens (including phenoxy) is 1. The average molecular weight is 524 g/mol. The Morgan fingerprint density at radius 2 is 1.81 bits per heavy atom. The Balaban J connectivity index is 1.27. The molecule has 0 radical (unpaired) electrons. The molecule has 0 N–H and O–H groups in total. The van der Waals surface area contributed by atoms with Crippen LogP contribution in [-0.4, -0.2) is 36.5 Å². The number of aryl methyl sites for hydroxylation is 1. The van der Waals surface area contributed by atoms with Gasteiger partial charge in [0, 0.05) is 22.4 Å². The van der Waals surface area contributed by atoms with Gasteiger partial charge in [-0.15, -0.1) is 10.2 Å². The minimum absolute atomic E-state index is 0.285. The van der Waals surface area contributed by atoms with E-state index in [2.05, 4.69) is 19.9 Å². The monoisotopic (exact) mass is 523 g/mol. The Bertz CT molecular complexity index is 1320. The van der Waals surface area contributed by atoms with Crippen molar-refractivity contribution in [3.05, 3.63) is 57.5 Å². The molecule has 196 valence electrons. The second kappa shape index (κ2) is 9.46. The van der Waals surface area contributed by atoms with Gasteiger partial charge in [0.05, 0.1) is 24.5 Å². The molecule has 0 atom stereocenters. The van der Waals surface area contributed by atoms with Crippen LogP contribution in [0.4, 0.5) is 4.79 Å². The molecule has 3 heterocycles. The molecular weight excluding hydrogens is 490 g/mol. The zero-order valence-corrected chi connectivity index (χ0v) is 22.6. The van der Waals surface area contributed by atoms with Crippen molar-refractivity contribution in [2.45, 2.75) is 103 Å². The molecule has 3 aliphatic rings. The Morgan fingerprint density at radius 3 is 2.59 bits per heavy atom. The molecule has 37 heavy (non-hydrogen) atoms. The molecule has 1 saturated carbocycles. The first kappa shape index (κ1) is 24.5. The Morgan fingerprint density at radius 1 is 1.05 bits per heavy atom. The summed E-state index contributed by atoms with van der Waals surface area (Å²) in [6.07, 6.45) is 8.33. The lowest BCUT2D eigenvalue weighted by Crippen LogP contribution is -2.35. The van der Waals surface area contributed by atoms with E-state index in [0.29, 0.717) is 24.0 Å². The van der Waals surface area contributed by atoms with Crippen molar-refractivity contribution in [1.29, 1.82) is 0 Å². The number of halogens is 1. The molecule has 1 aromatic carbocycles. The average Bonchev–Trinajstić information content (AvgIpc) is 3.43. The summed E-state index contributed by atoms with van der Waals surface area (Å²) in [7, 11) is 0. The van der Waals surface area contributed by atoms with Gasteiger partial charge in [0.2, 0.25) is 0 Å². The number of hydrogen-bond acceptors (Lipinski definition) is 6. The zero-order chi connectivity index (χ0) is 25.7. The van der Waals surface area contributed by atoms with Crippen molar-refractivity contribution in [2.24, 2.45) is 0 Å². The van der Waals surface area contributed by atoms with Crippen molar-refractivity contribution < 1.29 is 14.1 Å². The van der Waals surface area contributed by atoms with Crippen molar-refractivity contribution in [1.82, 2.24) is 24.8 Å². The van der Waals surface area contributed by atoms with Crippen molar-refractivity contribution in [2.75, 3.05) is 0 Å². The first-order valence-electron chi connectivity index (χ1n) is 13.4. The van der Waals surface area contributed by atoms with Crippen LogP contribution in [0.1, 0.15) is 105 Å². The lowest BCUT2D eigenvalue weighted by atomic mass is 9.78. The zero-order valence-electron chi connectivity index (χ0n) is 21.8. The number of fused-ring (bicyclic) bond motifs is 4. The van der Waals surface area contributed by atoms with Crippen LogP contribution >= 0.6 is 11.6 Å². The Hall–Kier alpha value is -2.87. The van der Waals surface area contributed by atoms with Gasteiger partial charge in [-0.3, -0.25) is 9.47 Å². The maximum Gasteiger partial charge on any atom is 0.411 e. The van der Waals surface area contributed by atoms with E-state index in [-0.39, 0.29) is 12.0 Å². The van der Waals surface area contributed by atoms with Crippen molar-refractivity contribution in [3.63, 3.8) is 0 Å². The van der Waals surface area contributed by atoms with Gasteiger partial charge in [-0.05, 0) is 95.9 Å². The largest absolute Gasteiger partial charge is 0.444 e. The van der Waals surface area contributed by atoms with Crippen LogP contribution in [0.2, 0.25) is 5.02 Å². The number of nitrogens with zero attached hydrogens (tertiary/aromatic N) is 5. The summed E-state index contributed by atoms with van der Waals surface area (Å²) in [6.45, 7) is 6.35. The normalized spacial score (nSPS) is 21.6. The number of carbonyl (C=O) groups excluding carboxylic acids is 1. The van der Waals surface area contributed by atoms with E-state index < -0.39 is 5.60 Å². The predicted octanol–water partition coefficient (Wildman–Crippen LogP) is 6.48. The van der Waals surface area contributed by atoms with Gasteiger partial charge in [0.15, 0.2) is 5.82 Å². The number of hydrogen-bond donors (Lipinski definition) is 0. The fourth-order valence-electron chi connectivity index (χ4n) is 6.10. The highest BCUT2D eigenvalue weighted by Gasteiger charge is 2.35. The Kier molecular flexibility index (Phi) is 6.25. The van der Waals surface area contributed by atoms with Gasteiger partial charge in [-0.2, -0.15) is 0 Å². The quantitative estimate of drug-likeness (QED) is 0.382. The molecular formula is C28H34ClN5O3. The fraction of sp³-hybridized carbons (Fsp3) is 0.571. The summed E-state index contributed by atoms with van der Waals surface area (Å²) in [5, 5.41) is 14.3. The standard InChI is InChI=1S/C28H34ClN5O3/c1-28(2,3)36-27(35)33-15-19-14-20(29)12-13-23(19)34-24(16-33)30-31-26(34)18-10-8-17(9-11-18)25-21-6-4-5-7-22(21)32-37-25/h12-14,17-18H,4-11,15-16H2,1-3H3. The van der Waals surface area contributed by atoms with E-state index in [1.807, 2.05) is 39.0 Å². The van der Waals surface area contributed by atoms with E-state index >= 15 is 0 Å². The van der Waals surface area contributed by atoms with Crippen LogP contribution in [0.5, 0.6) is 0 Å². The van der Waals surface area contributed by atoms with E-state index in [4.69, 9.17) is 20.9 Å². The first-order chi connectivity index (χ1) is 17.8. The van der Waals surface area contributed by atoms with Crippen LogP contribution in [0.25, 0.3) is 5.69 Å². The van der Waals surface area contributed by atoms with Crippen LogP contribution in [0.15, 0.2) is 22.7 Å². The molecule has 2 aromatic heterocycles. The molecule has 2 aliphatic carbocycles. The highest BCUT2D eigenvalue weighted by Crippen LogP contribution is 2.43. The third-order valence-electron chi connectivity index (χ3n) is 7.84. The van der Waals surface area contributed by atoms with Crippen LogP contribution in [0.3, 0.4) is 0 Å². The van der Waals surface area contributed by atoms with Gasteiger partial charge in [0.1, 0.15) is 17.2 Å². The van der Waals surface area contributed by atoms with Gasteiger partial charge < -0.3 is 9.26 Å². The predicted molar refractivity (Wildman–Crippen MR) is 139 cm³/mol. The molecule has 0 saturated heterocycles. The fourth-order valence-corrected chi connectivity index (χ4v) is 6.29. The number of benzene rings is 1. The minimum Gasteiger partial charge on any atom is -0.444 e. The first-order valence-corrected chi connectivity index (χ1v) is 13.8. The summed E-state index contributed by atoms with van der Waals surface area (Å²) in [5.74, 6) is 3.54. The van der Waals surface area contributed by atoms with E-state index in [1.54, 1.807) is 4.90 Å². The highest BCUT2D eigenvalue weighted by atomic mass is 35.5. The topological polar surface area (TPSA) is 86.3 Å². The van der Waals surface area contributed by atoms with Gasteiger partial charge in [0.25, 0.3) is 0 Å². The second-order valence-corrected chi connectivity index (χ2v) is 12.1.